The average molecular weight is 214 g/mol. The number of phenols is 1. The van der Waals surface area contributed by atoms with Crippen LogP contribution in [0.1, 0.15) is 23.1 Å². The Labute approximate surface area is 89.7 Å². The Morgan fingerprint density at radius 1 is 1.43 bits per heavy atom. The van der Waals surface area contributed by atoms with Crippen molar-refractivity contribution in [2.45, 2.75) is 26.7 Å². The highest BCUT2D eigenvalue weighted by atomic mass is 35.5. The molecule has 0 radical (unpaired) electrons. The van der Waals surface area contributed by atoms with Gasteiger partial charge in [0.25, 0.3) is 0 Å². The maximum absolute atomic E-state index is 9.72. The molecule has 1 rings (SSSR count). The van der Waals surface area contributed by atoms with E-state index in [1.165, 1.54) is 0 Å². The van der Waals surface area contributed by atoms with Gasteiger partial charge in [0.15, 0.2) is 0 Å². The predicted octanol–water partition coefficient (Wildman–Crippen LogP) is 2.55. The summed E-state index contributed by atoms with van der Waals surface area (Å²) in [6.45, 7) is 4.38. The zero-order valence-electron chi connectivity index (χ0n) is 8.60. The molecule has 78 valence electrons. The highest BCUT2D eigenvalue weighted by Gasteiger charge is 2.10. The second kappa shape index (κ2) is 4.67. The van der Waals surface area contributed by atoms with E-state index in [4.69, 9.17) is 17.3 Å². The van der Waals surface area contributed by atoms with Crippen molar-refractivity contribution in [2.24, 2.45) is 5.73 Å². The lowest BCUT2D eigenvalue weighted by atomic mass is 10.00. The highest BCUT2D eigenvalue weighted by Crippen LogP contribution is 2.31. The van der Waals surface area contributed by atoms with Crippen LogP contribution >= 0.6 is 11.6 Å². The molecule has 0 atom stereocenters. The molecule has 0 unspecified atom stereocenters. The lowest BCUT2D eigenvalue weighted by Crippen LogP contribution is -2.02. The number of hydrogen-bond acceptors (Lipinski definition) is 2. The molecular weight excluding hydrogens is 198 g/mol. The van der Waals surface area contributed by atoms with Gasteiger partial charge < -0.3 is 10.8 Å². The number of aromatic hydroxyl groups is 1. The van der Waals surface area contributed by atoms with Gasteiger partial charge in [0.05, 0.1) is 0 Å². The molecule has 3 heteroatoms. The maximum atomic E-state index is 9.72. The number of rotatable bonds is 3. The largest absolute Gasteiger partial charge is 0.507 e. The topological polar surface area (TPSA) is 46.2 Å². The third-order valence-electron chi connectivity index (χ3n) is 2.44. The van der Waals surface area contributed by atoms with E-state index in [1.54, 1.807) is 6.07 Å². The molecule has 0 saturated carbocycles. The Kier molecular flexibility index (Phi) is 3.78. The van der Waals surface area contributed by atoms with Crippen LogP contribution in [0, 0.1) is 13.8 Å². The van der Waals surface area contributed by atoms with Crippen LogP contribution in [0.25, 0.3) is 0 Å². The van der Waals surface area contributed by atoms with Crippen LogP contribution in [0.15, 0.2) is 6.07 Å². The van der Waals surface area contributed by atoms with Crippen molar-refractivity contribution in [3.05, 3.63) is 27.8 Å². The van der Waals surface area contributed by atoms with Crippen LogP contribution in [0.2, 0.25) is 5.02 Å². The zero-order chi connectivity index (χ0) is 10.7. The molecule has 0 saturated heterocycles. The summed E-state index contributed by atoms with van der Waals surface area (Å²) in [6, 6.07) is 1.80. The third-order valence-corrected chi connectivity index (χ3v) is 2.78. The van der Waals surface area contributed by atoms with Gasteiger partial charge >= 0.3 is 0 Å². The molecule has 14 heavy (non-hydrogen) atoms. The van der Waals surface area contributed by atoms with Crippen LogP contribution < -0.4 is 5.73 Å². The summed E-state index contributed by atoms with van der Waals surface area (Å²) in [5, 5.41) is 10.4. The summed E-state index contributed by atoms with van der Waals surface area (Å²) >= 11 is 6.09. The van der Waals surface area contributed by atoms with Crippen LogP contribution in [-0.4, -0.2) is 11.7 Å². The fourth-order valence-electron chi connectivity index (χ4n) is 1.55. The number of aryl methyl sites for hydroxylation is 1. The smallest absolute Gasteiger partial charge is 0.121 e. The van der Waals surface area contributed by atoms with E-state index in [2.05, 4.69) is 0 Å². The quantitative estimate of drug-likeness (QED) is 0.811. The molecule has 0 aromatic heterocycles. The van der Waals surface area contributed by atoms with Crippen LogP contribution in [0.3, 0.4) is 0 Å². The summed E-state index contributed by atoms with van der Waals surface area (Å²) in [7, 11) is 0. The molecule has 3 N–H and O–H groups in total. The number of halogens is 1. The van der Waals surface area contributed by atoms with Crippen molar-refractivity contribution in [2.75, 3.05) is 6.54 Å². The summed E-state index contributed by atoms with van der Waals surface area (Å²) in [5.74, 6) is 0.349. The summed E-state index contributed by atoms with van der Waals surface area (Å²) in [5.41, 5.74) is 8.15. The molecule has 0 aliphatic heterocycles. The Morgan fingerprint density at radius 3 is 2.64 bits per heavy atom. The zero-order valence-corrected chi connectivity index (χ0v) is 9.36. The molecule has 0 fully saturated rings. The first-order chi connectivity index (χ1) is 6.57. The Morgan fingerprint density at radius 2 is 2.07 bits per heavy atom. The van der Waals surface area contributed by atoms with Gasteiger partial charge in [-0.3, -0.25) is 0 Å². The van der Waals surface area contributed by atoms with E-state index in [1.807, 2.05) is 13.8 Å². The van der Waals surface area contributed by atoms with Crippen molar-refractivity contribution in [1.29, 1.82) is 0 Å². The number of nitrogens with two attached hydrogens (primary N) is 1. The molecule has 0 aliphatic rings. The van der Waals surface area contributed by atoms with Gasteiger partial charge in [-0.25, -0.2) is 0 Å². The van der Waals surface area contributed by atoms with Gasteiger partial charge in [-0.2, -0.15) is 0 Å². The van der Waals surface area contributed by atoms with Crippen LogP contribution in [0.4, 0.5) is 0 Å². The van der Waals surface area contributed by atoms with Gasteiger partial charge in [-0.15, -0.1) is 0 Å². The molecule has 2 nitrogen and oxygen atoms in total. The van der Waals surface area contributed by atoms with E-state index in [0.717, 1.165) is 34.6 Å². The average Bonchev–Trinajstić information content (AvgIpc) is 2.14. The van der Waals surface area contributed by atoms with Gasteiger partial charge in [0, 0.05) is 5.02 Å². The first kappa shape index (κ1) is 11.3. The molecule has 1 aromatic rings. The van der Waals surface area contributed by atoms with Crippen molar-refractivity contribution < 1.29 is 5.11 Å². The fraction of sp³-hybridized carbons (Fsp3) is 0.455. The van der Waals surface area contributed by atoms with E-state index in [0.29, 0.717) is 12.3 Å². The molecule has 0 bridgehead atoms. The molecule has 0 aliphatic carbocycles. The Bertz CT molecular complexity index is 337. The van der Waals surface area contributed by atoms with Crippen LogP contribution in [0.5, 0.6) is 5.75 Å². The third kappa shape index (κ3) is 2.20. The van der Waals surface area contributed by atoms with E-state index in [9.17, 15) is 5.11 Å². The summed E-state index contributed by atoms with van der Waals surface area (Å²) in [6.07, 6.45) is 1.72. The lowest BCUT2D eigenvalue weighted by Gasteiger charge is -2.11. The first-order valence-electron chi connectivity index (χ1n) is 4.75. The normalized spacial score (nSPS) is 10.6. The van der Waals surface area contributed by atoms with Gasteiger partial charge in [0.1, 0.15) is 5.75 Å². The highest BCUT2D eigenvalue weighted by molar-refractivity contribution is 6.31. The Hall–Kier alpha value is -0.730. The van der Waals surface area contributed by atoms with Crippen molar-refractivity contribution >= 4 is 11.6 Å². The van der Waals surface area contributed by atoms with Crippen molar-refractivity contribution in [3.8, 4) is 5.75 Å². The van der Waals surface area contributed by atoms with Crippen molar-refractivity contribution in [1.82, 2.24) is 0 Å². The van der Waals surface area contributed by atoms with Gasteiger partial charge in [-0.05, 0) is 56.0 Å². The van der Waals surface area contributed by atoms with E-state index < -0.39 is 0 Å². The summed E-state index contributed by atoms with van der Waals surface area (Å²) in [4.78, 5) is 0. The van der Waals surface area contributed by atoms with Gasteiger partial charge in [0.2, 0.25) is 0 Å². The minimum atomic E-state index is 0.349. The number of benzene rings is 1. The lowest BCUT2D eigenvalue weighted by molar-refractivity contribution is 0.465. The first-order valence-corrected chi connectivity index (χ1v) is 5.13. The SMILES string of the molecule is Cc1cc(Cl)c(CCCN)c(C)c1O. The standard InChI is InChI=1S/C11H16ClNO/c1-7-6-10(12)9(4-3-5-13)8(2)11(7)14/h6,14H,3-5,13H2,1-2H3. The van der Waals surface area contributed by atoms with Gasteiger partial charge in [-0.1, -0.05) is 11.6 Å². The van der Waals surface area contributed by atoms with E-state index in [-0.39, 0.29) is 0 Å². The second-order valence-corrected chi connectivity index (χ2v) is 3.93. The predicted molar refractivity (Wildman–Crippen MR) is 60.0 cm³/mol. The number of phenolic OH excluding ortho intramolecular Hbond substituents is 1. The van der Waals surface area contributed by atoms with Crippen molar-refractivity contribution in [3.63, 3.8) is 0 Å². The second-order valence-electron chi connectivity index (χ2n) is 3.52. The fourth-order valence-corrected chi connectivity index (χ4v) is 1.95. The monoisotopic (exact) mass is 213 g/mol. The number of hydrogen-bond donors (Lipinski definition) is 2. The maximum Gasteiger partial charge on any atom is 0.121 e. The molecule has 0 amide bonds. The molecular formula is C11H16ClNO. The minimum absolute atomic E-state index is 0.349. The molecule has 1 aromatic carbocycles. The van der Waals surface area contributed by atoms with E-state index >= 15 is 0 Å². The molecule has 0 heterocycles. The summed E-state index contributed by atoms with van der Waals surface area (Å²) < 4.78 is 0. The van der Waals surface area contributed by atoms with Crippen LogP contribution in [-0.2, 0) is 6.42 Å². The Balaban J connectivity index is 3.09. The minimum Gasteiger partial charge on any atom is -0.507 e. The molecule has 0 spiro atoms.